The molecule has 2 rings (SSSR count). The maximum absolute atomic E-state index is 4.02. The van der Waals surface area contributed by atoms with Crippen LogP contribution in [-0.4, -0.2) is 33.6 Å². The summed E-state index contributed by atoms with van der Waals surface area (Å²) in [5, 5.41) is 3.59. The molecule has 0 radical (unpaired) electrons. The van der Waals surface area contributed by atoms with Crippen LogP contribution in [0.25, 0.3) is 0 Å². The highest BCUT2D eigenvalue weighted by molar-refractivity contribution is 7.99. The van der Waals surface area contributed by atoms with Crippen LogP contribution in [-0.2, 0) is 6.54 Å². The first-order valence-electron chi connectivity index (χ1n) is 5.22. The van der Waals surface area contributed by atoms with Gasteiger partial charge < -0.3 is 9.88 Å². The lowest BCUT2D eigenvalue weighted by Crippen LogP contribution is -2.29. The lowest BCUT2D eigenvalue weighted by Gasteiger charge is -2.10. The highest BCUT2D eigenvalue weighted by Crippen LogP contribution is 2.16. The van der Waals surface area contributed by atoms with Crippen LogP contribution in [0.3, 0.4) is 0 Å². The van der Waals surface area contributed by atoms with Gasteiger partial charge in [0, 0.05) is 30.7 Å². The van der Waals surface area contributed by atoms with Gasteiger partial charge in [0.1, 0.15) is 0 Å². The molecule has 2 heterocycles. The Morgan fingerprint density at radius 3 is 3.29 bits per heavy atom. The number of thioether (sulfide) groups is 1. The zero-order chi connectivity index (χ0) is 9.64. The largest absolute Gasteiger partial charge is 0.337 e. The van der Waals surface area contributed by atoms with E-state index < -0.39 is 0 Å². The summed E-state index contributed by atoms with van der Waals surface area (Å²) in [6, 6.07) is 0.766. The lowest BCUT2D eigenvalue weighted by atomic mass is 10.2. The number of aryl methyl sites for hydroxylation is 1. The van der Waals surface area contributed by atoms with Crippen molar-refractivity contribution in [3.05, 3.63) is 18.7 Å². The highest BCUT2D eigenvalue weighted by atomic mass is 32.2. The zero-order valence-corrected chi connectivity index (χ0v) is 9.17. The number of hydrogen-bond donors (Lipinski definition) is 1. The predicted octanol–water partition coefficient (Wildman–Crippen LogP) is 1.37. The summed E-state index contributed by atoms with van der Waals surface area (Å²) < 4.78 is 2.13. The summed E-state index contributed by atoms with van der Waals surface area (Å²) in [5.41, 5.74) is 0. The minimum atomic E-state index is 0.766. The van der Waals surface area contributed by atoms with Crippen molar-refractivity contribution in [3.8, 4) is 0 Å². The topological polar surface area (TPSA) is 29.9 Å². The molecule has 1 unspecified atom stereocenters. The molecule has 1 saturated heterocycles. The Morgan fingerprint density at radius 2 is 2.57 bits per heavy atom. The van der Waals surface area contributed by atoms with Crippen molar-refractivity contribution < 1.29 is 0 Å². The Balaban J connectivity index is 1.55. The van der Waals surface area contributed by atoms with E-state index in [2.05, 4.69) is 26.6 Å². The van der Waals surface area contributed by atoms with Crippen molar-refractivity contribution in [1.29, 1.82) is 0 Å². The van der Waals surface area contributed by atoms with E-state index in [-0.39, 0.29) is 0 Å². The Morgan fingerprint density at radius 1 is 1.57 bits per heavy atom. The van der Waals surface area contributed by atoms with Gasteiger partial charge in [0.25, 0.3) is 0 Å². The summed E-state index contributed by atoms with van der Waals surface area (Å²) in [6.07, 6.45) is 8.27. The first-order chi connectivity index (χ1) is 6.95. The average Bonchev–Trinajstić information content (AvgIpc) is 2.86. The third-order valence-corrected chi connectivity index (χ3v) is 3.68. The smallest absolute Gasteiger partial charge is 0.0945 e. The third kappa shape index (κ3) is 3.03. The summed E-state index contributed by atoms with van der Waals surface area (Å²) in [4.78, 5) is 4.02. The minimum Gasteiger partial charge on any atom is -0.337 e. The van der Waals surface area contributed by atoms with E-state index in [0.29, 0.717) is 0 Å². The molecule has 1 aromatic rings. The Hall–Kier alpha value is -0.480. The quantitative estimate of drug-likeness (QED) is 0.746. The molecule has 0 bridgehead atoms. The van der Waals surface area contributed by atoms with Gasteiger partial charge in [-0.25, -0.2) is 4.98 Å². The molecule has 1 aromatic heterocycles. The van der Waals surface area contributed by atoms with Gasteiger partial charge >= 0.3 is 0 Å². The van der Waals surface area contributed by atoms with Gasteiger partial charge in [-0.15, -0.1) is 0 Å². The molecule has 78 valence electrons. The van der Waals surface area contributed by atoms with Crippen molar-refractivity contribution in [1.82, 2.24) is 14.9 Å². The molecule has 1 N–H and O–H groups in total. The molecule has 0 aliphatic carbocycles. The zero-order valence-electron chi connectivity index (χ0n) is 8.35. The Bertz CT molecular complexity index is 242. The summed E-state index contributed by atoms with van der Waals surface area (Å²) in [6.45, 7) is 2.20. The van der Waals surface area contributed by atoms with Gasteiger partial charge in [-0.2, -0.15) is 11.8 Å². The van der Waals surface area contributed by atoms with E-state index in [1.165, 1.54) is 24.3 Å². The molecule has 0 saturated carbocycles. The van der Waals surface area contributed by atoms with Crippen LogP contribution in [0.5, 0.6) is 0 Å². The van der Waals surface area contributed by atoms with Crippen LogP contribution in [0, 0.1) is 0 Å². The number of nitrogens with one attached hydrogen (secondary N) is 1. The van der Waals surface area contributed by atoms with Gasteiger partial charge in [-0.05, 0) is 25.1 Å². The van der Waals surface area contributed by atoms with E-state index in [0.717, 1.165) is 19.1 Å². The molecule has 3 nitrogen and oxygen atoms in total. The molecule has 1 aliphatic rings. The van der Waals surface area contributed by atoms with E-state index in [1.54, 1.807) is 0 Å². The van der Waals surface area contributed by atoms with Crippen molar-refractivity contribution in [3.63, 3.8) is 0 Å². The number of imidazole rings is 1. The molecule has 0 amide bonds. The third-order valence-electron chi connectivity index (χ3n) is 2.51. The van der Waals surface area contributed by atoms with Gasteiger partial charge in [0.15, 0.2) is 0 Å². The van der Waals surface area contributed by atoms with Gasteiger partial charge in [0.2, 0.25) is 0 Å². The second-order valence-electron chi connectivity index (χ2n) is 3.67. The molecule has 1 atom stereocenters. The lowest BCUT2D eigenvalue weighted by molar-refractivity contribution is 0.518. The average molecular weight is 211 g/mol. The Kier molecular flexibility index (Phi) is 3.89. The standard InChI is InChI=1S/C10H17N3S/c1(5-13-6-4-11-9-13)3-12-10-2-7-14-8-10/h4,6,9-10,12H,1-3,5,7-8H2. The maximum atomic E-state index is 4.02. The molecule has 4 heteroatoms. The molecule has 1 fully saturated rings. The van der Waals surface area contributed by atoms with E-state index in [1.807, 2.05) is 18.7 Å². The van der Waals surface area contributed by atoms with E-state index in [9.17, 15) is 0 Å². The summed E-state index contributed by atoms with van der Waals surface area (Å²) >= 11 is 2.06. The second kappa shape index (κ2) is 5.41. The number of aromatic nitrogens is 2. The van der Waals surface area contributed by atoms with Crippen LogP contribution in [0.15, 0.2) is 18.7 Å². The number of nitrogens with zero attached hydrogens (tertiary/aromatic N) is 2. The first-order valence-corrected chi connectivity index (χ1v) is 6.37. The highest BCUT2D eigenvalue weighted by Gasteiger charge is 2.13. The second-order valence-corrected chi connectivity index (χ2v) is 4.82. The molecular weight excluding hydrogens is 194 g/mol. The molecule has 0 spiro atoms. The summed E-state index contributed by atoms with van der Waals surface area (Å²) in [5.74, 6) is 2.63. The normalized spacial score (nSPS) is 21.6. The van der Waals surface area contributed by atoms with Crippen molar-refractivity contribution in [2.75, 3.05) is 18.1 Å². The van der Waals surface area contributed by atoms with Gasteiger partial charge in [-0.1, -0.05) is 0 Å². The minimum absolute atomic E-state index is 0.766. The van der Waals surface area contributed by atoms with Crippen molar-refractivity contribution >= 4 is 11.8 Å². The first kappa shape index (κ1) is 10.1. The fourth-order valence-electron chi connectivity index (χ4n) is 1.68. The van der Waals surface area contributed by atoms with Crippen LogP contribution in [0.4, 0.5) is 0 Å². The van der Waals surface area contributed by atoms with Crippen LogP contribution in [0.1, 0.15) is 12.8 Å². The summed E-state index contributed by atoms with van der Waals surface area (Å²) in [7, 11) is 0. The molecular formula is C10H17N3S. The van der Waals surface area contributed by atoms with E-state index >= 15 is 0 Å². The van der Waals surface area contributed by atoms with Crippen LogP contribution >= 0.6 is 11.8 Å². The van der Waals surface area contributed by atoms with Gasteiger partial charge in [-0.3, -0.25) is 0 Å². The SMILES string of the molecule is c1cn(CCCNC2CCSC2)cn1. The van der Waals surface area contributed by atoms with Crippen LogP contribution < -0.4 is 5.32 Å². The number of hydrogen-bond acceptors (Lipinski definition) is 3. The fraction of sp³-hybridized carbons (Fsp3) is 0.700. The van der Waals surface area contributed by atoms with Crippen molar-refractivity contribution in [2.45, 2.75) is 25.4 Å². The fourth-order valence-corrected chi connectivity index (χ4v) is 2.87. The predicted molar refractivity (Wildman–Crippen MR) is 60.6 cm³/mol. The van der Waals surface area contributed by atoms with Crippen molar-refractivity contribution in [2.24, 2.45) is 0 Å². The molecule has 1 aliphatic heterocycles. The van der Waals surface area contributed by atoms with E-state index in [4.69, 9.17) is 0 Å². The van der Waals surface area contributed by atoms with Gasteiger partial charge in [0.05, 0.1) is 6.33 Å². The Labute approximate surface area is 89.3 Å². The molecule has 0 aromatic carbocycles. The van der Waals surface area contributed by atoms with Crippen LogP contribution in [0.2, 0.25) is 0 Å². The molecule has 14 heavy (non-hydrogen) atoms. The monoisotopic (exact) mass is 211 g/mol. The maximum Gasteiger partial charge on any atom is 0.0945 e. The number of rotatable bonds is 5.